The zero-order valence-corrected chi connectivity index (χ0v) is 17.4. The molecule has 1 N–H and O–H groups in total. The first kappa shape index (κ1) is 21.4. The number of hydrogen-bond donors (Lipinski definition) is 1. The fourth-order valence-electron chi connectivity index (χ4n) is 4.35. The molecule has 0 aromatic heterocycles. The lowest BCUT2D eigenvalue weighted by Gasteiger charge is -2.35. The minimum Gasteiger partial charge on any atom is -0.504 e. The van der Waals surface area contributed by atoms with E-state index in [1.54, 1.807) is 14.2 Å². The monoisotopic (exact) mass is 392 g/mol. The van der Waals surface area contributed by atoms with Crippen LogP contribution >= 0.6 is 0 Å². The van der Waals surface area contributed by atoms with Crippen molar-refractivity contribution in [2.75, 3.05) is 60.2 Å². The van der Waals surface area contributed by atoms with Gasteiger partial charge in [0.15, 0.2) is 11.5 Å². The molecule has 6 heteroatoms. The Kier molecular flexibility index (Phi) is 8.40. The number of aromatic hydroxyl groups is 1. The van der Waals surface area contributed by atoms with Gasteiger partial charge in [-0.2, -0.15) is 0 Å². The molecule has 0 aliphatic carbocycles. The lowest BCUT2D eigenvalue weighted by molar-refractivity contribution is 0.0551. The molecule has 0 amide bonds. The quantitative estimate of drug-likeness (QED) is 0.661. The van der Waals surface area contributed by atoms with Crippen molar-refractivity contribution in [3.05, 3.63) is 23.8 Å². The summed E-state index contributed by atoms with van der Waals surface area (Å²) in [4.78, 5) is 5.03. The maximum atomic E-state index is 10.1. The molecule has 1 atom stereocenters. The van der Waals surface area contributed by atoms with E-state index in [0.29, 0.717) is 17.8 Å². The highest BCUT2D eigenvalue weighted by molar-refractivity contribution is 5.41. The SMILES string of the molecule is COCCN1CCC(CN(Cc2ccc(OC)c(O)c2)C[C@H]2CCCO2)CC1. The summed E-state index contributed by atoms with van der Waals surface area (Å²) in [5.74, 6) is 1.45. The van der Waals surface area contributed by atoms with Crippen LogP contribution in [0.3, 0.4) is 0 Å². The Labute approximate surface area is 169 Å². The number of nitrogens with zero attached hydrogens (tertiary/aromatic N) is 2. The molecule has 2 fully saturated rings. The summed E-state index contributed by atoms with van der Waals surface area (Å²) in [6, 6.07) is 5.73. The fourth-order valence-corrected chi connectivity index (χ4v) is 4.35. The average molecular weight is 393 g/mol. The van der Waals surface area contributed by atoms with E-state index in [9.17, 15) is 5.11 Å². The van der Waals surface area contributed by atoms with Crippen LogP contribution in [0.1, 0.15) is 31.2 Å². The topological polar surface area (TPSA) is 54.4 Å². The Bertz CT molecular complexity index is 584. The maximum absolute atomic E-state index is 10.1. The van der Waals surface area contributed by atoms with Crippen LogP contribution in [-0.4, -0.2) is 81.2 Å². The van der Waals surface area contributed by atoms with Gasteiger partial charge in [-0.1, -0.05) is 6.07 Å². The standard InChI is InChI=1S/C22H36N2O4/c1-26-13-11-23-9-7-18(8-10-23)15-24(17-20-4-3-12-28-20)16-19-5-6-22(27-2)21(25)14-19/h5-6,14,18,20,25H,3-4,7-13,15-17H2,1-2H3/t20-/m1/s1. The second kappa shape index (κ2) is 11.0. The van der Waals surface area contributed by atoms with E-state index in [-0.39, 0.29) is 5.75 Å². The van der Waals surface area contributed by atoms with Crippen LogP contribution < -0.4 is 4.74 Å². The molecule has 0 bridgehead atoms. The smallest absolute Gasteiger partial charge is 0.160 e. The van der Waals surface area contributed by atoms with Gasteiger partial charge in [0.05, 0.1) is 19.8 Å². The molecule has 0 saturated carbocycles. The van der Waals surface area contributed by atoms with Gasteiger partial charge in [0.2, 0.25) is 0 Å². The number of likely N-dealkylation sites (tertiary alicyclic amines) is 1. The summed E-state index contributed by atoms with van der Waals surface area (Å²) in [7, 11) is 3.35. The van der Waals surface area contributed by atoms with Gasteiger partial charge in [-0.25, -0.2) is 0 Å². The van der Waals surface area contributed by atoms with Crippen molar-refractivity contribution in [3.8, 4) is 11.5 Å². The summed E-state index contributed by atoms with van der Waals surface area (Å²) in [6.07, 6.45) is 5.13. The fraction of sp³-hybridized carbons (Fsp3) is 0.727. The number of hydrogen-bond acceptors (Lipinski definition) is 6. The zero-order chi connectivity index (χ0) is 19.8. The van der Waals surface area contributed by atoms with E-state index >= 15 is 0 Å². The van der Waals surface area contributed by atoms with Gasteiger partial charge >= 0.3 is 0 Å². The second-order valence-electron chi connectivity index (χ2n) is 8.11. The first-order valence-corrected chi connectivity index (χ1v) is 10.6. The van der Waals surface area contributed by atoms with Gasteiger partial charge in [0.1, 0.15) is 0 Å². The van der Waals surface area contributed by atoms with E-state index in [1.807, 2.05) is 12.1 Å². The molecular weight excluding hydrogens is 356 g/mol. The molecule has 0 radical (unpaired) electrons. The molecule has 2 aliphatic heterocycles. The maximum Gasteiger partial charge on any atom is 0.160 e. The minimum atomic E-state index is 0.212. The predicted octanol–water partition coefficient (Wildman–Crippen LogP) is 2.74. The molecule has 2 aliphatic rings. The predicted molar refractivity (Wildman–Crippen MR) is 110 cm³/mol. The van der Waals surface area contributed by atoms with Crippen LogP contribution in [0, 0.1) is 5.92 Å². The third-order valence-corrected chi connectivity index (χ3v) is 5.97. The highest BCUT2D eigenvalue weighted by atomic mass is 16.5. The molecule has 6 nitrogen and oxygen atoms in total. The summed E-state index contributed by atoms with van der Waals surface area (Å²) in [6.45, 7) is 7.95. The van der Waals surface area contributed by atoms with E-state index in [1.165, 1.54) is 19.3 Å². The van der Waals surface area contributed by atoms with E-state index in [0.717, 1.165) is 64.5 Å². The summed E-state index contributed by atoms with van der Waals surface area (Å²) < 4.78 is 16.3. The van der Waals surface area contributed by atoms with Crippen molar-refractivity contribution in [2.45, 2.75) is 38.3 Å². The van der Waals surface area contributed by atoms with Crippen LogP contribution in [0.25, 0.3) is 0 Å². The summed E-state index contributed by atoms with van der Waals surface area (Å²) >= 11 is 0. The van der Waals surface area contributed by atoms with E-state index < -0.39 is 0 Å². The molecule has 1 aromatic carbocycles. The number of methoxy groups -OCH3 is 2. The highest BCUT2D eigenvalue weighted by Gasteiger charge is 2.25. The number of piperidine rings is 1. The Morgan fingerprint density at radius 2 is 2.00 bits per heavy atom. The van der Waals surface area contributed by atoms with Crippen molar-refractivity contribution in [3.63, 3.8) is 0 Å². The van der Waals surface area contributed by atoms with Crippen LogP contribution in [0.4, 0.5) is 0 Å². The Morgan fingerprint density at radius 1 is 1.18 bits per heavy atom. The molecule has 0 spiro atoms. The molecule has 2 saturated heterocycles. The third kappa shape index (κ3) is 6.34. The van der Waals surface area contributed by atoms with Crippen LogP contribution in [0.5, 0.6) is 11.5 Å². The van der Waals surface area contributed by atoms with Gasteiger partial charge < -0.3 is 24.2 Å². The first-order valence-electron chi connectivity index (χ1n) is 10.6. The Balaban J connectivity index is 1.57. The minimum absolute atomic E-state index is 0.212. The Morgan fingerprint density at radius 3 is 2.64 bits per heavy atom. The largest absolute Gasteiger partial charge is 0.504 e. The lowest BCUT2D eigenvalue weighted by Crippen LogP contribution is -2.41. The first-order chi connectivity index (χ1) is 13.7. The second-order valence-corrected chi connectivity index (χ2v) is 8.11. The van der Waals surface area contributed by atoms with Crippen molar-refractivity contribution in [1.82, 2.24) is 9.80 Å². The van der Waals surface area contributed by atoms with Crippen LogP contribution in [0.15, 0.2) is 18.2 Å². The van der Waals surface area contributed by atoms with Gasteiger partial charge in [-0.05, 0) is 62.4 Å². The average Bonchev–Trinajstić information content (AvgIpc) is 3.20. The van der Waals surface area contributed by atoms with Crippen molar-refractivity contribution < 1.29 is 19.3 Å². The van der Waals surface area contributed by atoms with Crippen LogP contribution in [0.2, 0.25) is 0 Å². The Hall–Kier alpha value is -1.34. The van der Waals surface area contributed by atoms with Gasteiger partial charge in [0, 0.05) is 39.9 Å². The third-order valence-electron chi connectivity index (χ3n) is 5.97. The van der Waals surface area contributed by atoms with Gasteiger partial charge in [-0.3, -0.25) is 4.90 Å². The van der Waals surface area contributed by atoms with Crippen LogP contribution in [-0.2, 0) is 16.0 Å². The number of benzene rings is 1. The number of rotatable bonds is 10. The van der Waals surface area contributed by atoms with Gasteiger partial charge in [0.25, 0.3) is 0 Å². The number of phenols is 1. The number of phenolic OH excluding ortho intramolecular Hbond substituents is 1. The molecule has 1 aromatic rings. The normalized spacial score (nSPS) is 21.5. The van der Waals surface area contributed by atoms with Crippen molar-refractivity contribution >= 4 is 0 Å². The van der Waals surface area contributed by atoms with E-state index in [2.05, 4.69) is 15.9 Å². The van der Waals surface area contributed by atoms with Crippen molar-refractivity contribution in [1.29, 1.82) is 0 Å². The molecule has 158 valence electrons. The summed E-state index contributed by atoms with van der Waals surface area (Å²) in [5, 5.41) is 10.1. The molecule has 0 unspecified atom stereocenters. The van der Waals surface area contributed by atoms with E-state index in [4.69, 9.17) is 14.2 Å². The van der Waals surface area contributed by atoms with Crippen molar-refractivity contribution in [2.24, 2.45) is 5.92 Å². The molecule has 2 heterocycles. The number of ether oxygens (including phenoxy) is 3. The molecule has 28 heavy (non-hydrogen) atoms. The van der Waals surface area contributed by atoms with Gasteiger partial charge in [-0.15, -0.1) is 0 Å². The molecule has 3 rings (SSSR count). The zero-order valence-electron chi connectivity index (χ0n) is 17.4. The molecular formula is C22H36N2O4. The lowest BCUT2D eigenvalue weighted by atomic mass is 9.95. The summed E-state index contributed by atoms with van der Waals surface area (Å²) in [5.41, 5.74) is 1.12. The highest BCUT2D eigenvalue weighted by Crippen LogP contribution is 2.28.